The van der Waals surface area contributed by atoms with Crippen LogP contribution in [0.3, 0.4) is 0 Å². The smallest absolute Gasteiger partial charge is 0.355 e. The van der Waals surface area contributed by atoms with Crippen molar-refractivity contribution in [1.29, 1.82) is 0 Å². The Morgan fingerprint density at radius 3 is 2.76 bits per heavy atom. The first kappa shape index (κ1) is 13.3. The lowest BCUT2D eigenvalue weighted by Gasteiger charge is -2.13. The maximum atomic E-state index is 11.7. The van der Waals surface area contributed by atoms with E-state index in [1.165, 1.54) is 13.2 Å². The van der Waals surface area contributed by atoms with E-state index in [2.05, 4.69) is 0 Å². The van der Waals surface area contributed by atoms with Crippen molar-refractivity contribution in [2.45, 2.75) is 32.8 Å². The number of hydrogen-bond acceptors (Lipinski definition) is 5. The fourth-order valence-corrected chi connectivity index (χ4v) is 1.22. The van der Waals surface area contributed by atoms with E-state index < -0.39 is 18.0 Å². The Kier molecular flexibility index (Phi) is 5.26. The van der Waals surface area contributed by atoms with Crippen molar-refractivity contribution >= 4 is 11.9 Å². The molecule has 0 N–H and O–H groups in total. The molecule has 1 aromatic rings. The van der Waals surface area contributed by atoms with Crippen molar-refractivity contribution in [2.75, 3.05) is 6.61 Å². The zero-order valence-electron chi connectivity index (χ0n) is 9.97. The molecule has 1 rings (SSSR count). The highest BCUT2D eigenvalue weighted by Crippen LogP contribution is 2.20. The van der Waals surface area contributed by atoms with Crippen LogP contribution in [-0.4, -0.2) is 18.5 Å². The van der Waals surface area contributed by atoms with Gasteiger partial charge in [-0.3, -0.25) is 4.79 Å². The molecule has 1 unspecified atom stereocenters. The Morgan fingerprint density at radius 1 is 1.47 bits per heavy atom. The van der Waals surface area contributed by atoms with Gasteiger partial charge >= 0.3 is 11.9 Å². The largest absolute Gasteiger partial charge is 0.465 e. The van der Waals surface area contributed by atoms with Gasteiger partial charge < -0.3 is 13.9 Å². The fraction of sp³-hybridized carbons (Fsp3) is 0.500. The Labute approximate surface area is 99.7 Å². The van der Waals surface area contributed by atoms with Gasteiger partial charge in [0.05, 0.1) is 12.9 Å². The Balaban J connectivity index is 2.63. The molecule has 0 aliphatic carbocycles. The molecule has 0 aromatic carbocycles. The van der Waals surface area contributed by atoms with E-state index in [0.717, 1.165) is 12.8 Å². The van der Waals surface area contributed by atoms with Gasteiger partial charge in [-0.2, -0.15) is 0 Å². The number of esters is 2. The molecule has 0 spiro atoms. The van der Waals surface area contributed by atoms with Gasteiger partial charge in [0, 0.05) is 6.92 Å². The summed E-state index contributed by atoms with van der Waals surface area (Å²) in [5, 5.41) is 0. The molecule has 0 aliphatic heterocycles. The molecule has 1 heterocycles. The average Bonchev–Trinajstić information content (AvgIpc) is 2.79. The minimum absolute atomic E-state index is 0.265. The molecule has 1 atom stereocenters. The minimum Gasteiger partial charge on any atom is -0.465 e. The van der Waals surface area contributed by atoms with Crippen LogP contribution in [0.5, 0.6) is 0 Å². The summed E-state index contributed by atoms with van der Waals surface area (Å²) < 4.78 is 14.9. The van der Waals surface area contributed by atoms with Crippen LogP contribution in [-0.2, 0) is 19.1 Å². The van der Waals surface area contributed by atoms with E-state index in [-0.39, 0.29) is 5.76 Å². The third kappa shape index (κ3) is 4.30. The molecular formula is C12H16O5. The predicted octanol–water partition coefficient (Wildman–Crippen LogP) is 2.23. The molecule has 0 amide bonds. The lowest BCUT2D eigenvalue weighted by Crippen LogP contribution is -2.21. The zero-order valence-corrected chi connectivity index (χ0v) is 9.97. The molecule has 1 aromatic heterocycles. The maximum absolute atomic E-state index is 11.7. The summed E-state index contributed by atoms with van der Waals surface area (Å²) in [4.78, 5) is 22.6. The standard InChI is InChI=1S/C12H16O5/c1-3-4-7-16-12(14)11(17-9(2)13)10-6-5-8-15-10/h5-6,8,11H,3-4,7H2,1-2H3. The first-order chi connectivity index (χ1) is 8.15. The summed E-state index contributed by atoms with van der Waals surface area (Å²) in [6, 6.07) is 3.18. The summed E-state index contributed by atoms with van der Waals surface area (Å²) >= 11 is 0. The molecule has 0 saturated heterocycles. The zero-order chi connectivity index (χ0) is 12.7. The second-order valence-corrected chi connectivity index (χ2v) is 3.53. The van der Waals surface area contributed by atoms with Crippen molar-refractivity contribution < 1.29 is 23.5 Å². The van der Waals surface area contributed by atoms with Gasteiger partial charge in [0.25, 0.3) is 6.10 Å². The molecule has 17 heavy (non-hydrogen) atoms. The van der Waals surface area contributed by atoms with Gasteiger partial charge in [-0.15, -0.1) is 0 Å². The van der Waals surface area contributed by atoms with E-state index in [0.29, 0.717) is 6.61 Å². The van der Waals surface area contributed by atoms with Crippen LogP contribution in [0.2, 0.25) is 0 Å². The van der Waals surface area contributed by atoms with Crippen molar-refractivity contribution in [3.63, 3.8) is 0 Å². The highest BCUT2D eigenvalue weighted by atomic mass is 16.6. The highest BCUT2D eigenvalue weighted by Gasteiger charge is 2.27. The van der Waals surface area contributed by atoms with Crippen LogP contribution in [0.4, 0.5) is 0 Å². The quantitative estimate of drug-likeness (QED) is 0.563. The molecule has 0 fully saturated rings. The third-order valence-electron chi connectivity index (χ3n) is 2.04. The van der Waals surface area contributed by atoms with Crippen LogP contribution >= 0.6 is 0 Å². The van der Waals surface area contributed by atoms with Crippen LogP contribution in [0.25, 0.3) is 0 Å². The van der Waals surface area contributed by atoms with Crippen molar-refractivity contribution in [3.8, 4) is 0 Å². The SMILES string of the molecule is CCCCOC(=O)C(OC(C)=O)c1ccco1. The van der Waals surface area contributed by atoms with E-state index in [1.807, 2.05) is 6.92 Å². The molecule has 5 heteroatoms. The van der Waals surface area contributed by atoms with Gasteiger partial charge in [-0.1, -0.05) is 13.3 Å². The number of rotatable bonds is 6. The number of carbonyl (C=O) groups excluding carboxylic acids is 2. The third-order valence-corrected chi connectivity index (χ3v) is 2.04. The first-order valence-corrected chi connectivity index (χ1v) is 5.52. The van der Waals surface area contributed by atoms with Crippen LogP contribution in [0.1, 0.15) is 38.6 Å². The monoisotopic (exact) mass is 240 g/mol. The van der Waals surface area contributed by atoms with Gasteiger partial charge in [0.2, 0.25) is 0 Å². The Bertz CT molecular complexity index is 355. The molecule has 0 bridgehead atoms. The van der Waals surface area contributed by atoms with E-state index in [9.17, 15) is 9.59 Å². The summed E-state index contributed by atoms with van der Waals surface area (Å²) in [5.74, 6) is -0.899. The Morgan fingerprint density at radius 2 is 2.24 bits per heavy atom. The molecule has 0 radical (unpaired) electrons. The van der Waals surface area contributed by atoms with Gasteiger partial charge in [-0.05, 0) is 18.6 Å². The predicted molar refractivity (Wildman–Crippen MR) is 59.1 cm³/mol. The molecule has 0 saturated carbocycles. The van der Waals surface area contributed by atoms with Gasteiger partial charge in [0.15, 0.2) is 5.76 Å². The van der Waals surface area contributed by atoms with Crippen molar-refractivity contribution in [1.82, 2.24) is 0 Å². The number of ether oxygens (including phenoxy) is 2. The fourth-order valence-electron chi connectivity index (χ4n) is 1.22. The average molecular weight is 240 g/mol. The lowest BCUT2D eigenvalue weighted by molar-refractivity contribution is -0.168. The van der Waals surface area contributed by atoms with Gasteiger partial charge in [0.1, 0.15) is 0 Å². The van der Waals surface area contributed by atoms with Crippen LogP contribution in [0, 0.1) is 0 Å². The first-order valence-electron chi connectivity index (χ1n) is 5.52. The topological polar surface area (TPSA) is 65.7 Å². The normalized spacial score (nSPS) is 11.9. The summed E-state index contributed by atoms with van der Waals surface area (Å²) in [5.41, 5.74) is 0. The molecular weight excluding hydrogens is 224 g/mol. The van der Waals surface area contributed by atoms with Crippen LogP contribution < -0.4 is 0 Å². The van der Waals surface area contributed by atoms with Crippen LogP contribution in [0.15, 0.2) is 22.8 Å². The van der Waals surface area contributed by atoms with E-state index >= 15 is 0 Å². The summed E-state index contributed by atoms with van der Waals surface area (Å²) in [7, 11) is 0. The second kappa shape index (κ2) is 6.73. The summed E-state index contributed by atoms with van der Waals surface area (Å²) in [6.07, 6.45) is 1.99. The van der Waals surface area contributed by atoms with Crippen molar-refractivity contribution in [3.05, 3.63) is 24.2 Å². The van der Waals surface area contributed by atoms with E-state index in [1.54, 1.807) is 12.1 Å². The van der Waals surface area contributed by atoms with E-state index in [4.69, 9.17) is 13.9 Å². The molecule has 94 valence electrons. The minimum atomic E-state index is -1.11. The number of furan rings is 1. The molecule has 0 aliphatic rings. The number of carbonyl (C=O) groups is 2. The summed E-state index contributed by atoms with van der Waals surface area (Å²) in [6.45, 7) is 3.53. The number of hydrogen-bond donors (Lipinski definition) is 0. The number of unbranched alkanes of at least 4 members (excludes halogenated alkanes) is 1. The van der Waals surface area contributed by atoms with Crippen molar-refractivity contribution in [2.24, 2.45) is 0 Å². The highest BCUT2D eigenvalue weighted by molar-refractivity contribution is 5.79. The van der Waals surface area contributed by atoms with Gasteiger partial charge in [-0.25, -0.2) is 4.79 Å². The second-order valence-electron chi connectivity index (χ2n) is 3.53. The lowest BCUT2D eigenvalue weighted by atomic mass is 10.2. The molecule has 5 nitrogen and oxygen atoms in total. The maximum Gasteiger partial charge on any atom is 0.355 e. The Hall–Kier alpha value is -1.78.